The first-order valence-corrected chi connectivity index (χ1v) is 3.15. The van der Waals surface area contributed by atoms with Gasteiger partial charge in [0.1, 0.15) is 0 Å². The Bertz CT molecular complexity index is 239. The molecule has 0 saturated carbocycles. The summed E-state index contributed by atoms with van der Waals surface area (Å²) in [7, 11) is 0. The van der Waals surface area contributed by atoms with Crippen molar-refractivity contribution < 1.29 is 0 Å². The molecule has 0 saturated heterocycles. The highest BCUT2D eigenvalue weighted by Crippen LogP contribution is 2.18. The molecular weight excluding hydrogens is 175 g/mol. The van der Waals surface area contributed by atoms with Crippen LogP contribution in [-0.4, -0.2) is 10.2 Å². The van der Waals surface area contributed by atoms with E-state index in [1.807, 2.05) is 0 Å². The Morgan fingerprint density at radius 2 is 2.10 bits per heavy atom. The van der Waals surface area contributed by atoms with Crippen LogP contribution < -0.4 is 11.3 Å². The van der Waals surface area contributed by atoms with E-state index in [4.69, 9.17) is 29.0 Å². The van der Waals surface area contributed by atoms with E-state index < -0.39 is 0 Å². The SMILES string of the molecule is NNc1cc(Cl)nnc1Cl. The quantitative estimate of drug-likeness (QED) is 0.499. The van der Waals surface area contributed by atoms with Crippen LogP contribution in [0.2, 0.25) is 10.3 Å². The summed E-state index contributed by atoms with van der Waals surface area (Å²) in [4.78, 5) is 0. The smallest absolute Gasteiger partial charge is 0.176 e. The summed E-state index contributed by atoms with van der Waals surface area (Å²) in [6.07, 6.45) is 0. The Balaban J connectivity index is 3.09. The molecule has 0 bridgehead atoms. The van der Waals surface area contributed by atoms with Crippen molar-refractivity contribution in [3.63, 3.8) is 0 Å². The number of hydrogen-bond donors (Lipinski definition) is 2. The zero-order chi connectivity index (χ0) is 7.56. The maximum atomic E-state index is 5.52. The van der Waals surface area contributed by atoms with Gasteiger partial charge < -0.3 is 5.43 Å². The highest BCUT2D eigenvalue weighted by Gasteiger charge is 2.00. The van der Waals surface area contributed by atoms with Crippen molar-refractivity contribution in [2.45, 2.75) is 0 Å². The molecule has 0 amide bonds. The minimum absolute atomic E-state index is 0.201. The van der Waals surface area contributed by atoms with Crippen LogP contribution in [0.1, 0.15) is 0 Å². The van der Waals surface area contributed by atoms with Crippen molar-refractivity contribution in [1.82, 2.24) is 10.2 Å². The number of hydrogen-bond acceptors (Lipinski definition) is 4. The van der Waals surface area contributed by atoms with Crippen LogP contribution >= 0.6 is 23.2 Å². The molecule has 0 spiro atoms. The van der Waals surface area contributed by atoms with Gasteiger partial charge in [-0.2, -0.15) is 0 Å². The summed E-state index contributed by atoms with van der Waals surface area (Å²) in [6.45, 7) is 0. The molecule has 54 valence electrons. The second-order valence-electron chi connectivity index (χ2n) is 1.52. The molecular formula is C4H4Cl2N4. The summed E-state index contributed by atoms with van der Waals surface area (Å²) in [6, 6.07) is 1.48. The Morgan fingerprint density at radius 1 is 1.40 bits per heavy atom. The molecule has 0 radical (unpaired) electrons. The molecule has 0 fully saturated rings. The number of halogens is 2. The van der Waals surface area contributed by atoms with Crippen molar-refractivity contribution in [3.05, 3.63) is 16.4 Å². The summed E-state index contributed by atoms with van der Waals surface area (Å²) in [5.74, 6) is 5.06. The van der Waals surface area contributed by atoms with Gasteiger partial charge in [-0.1, -0.05) is 23.2 Å². The molecule has 4 nitrogen and oxygen atoms in total. The topological polar surface area (TPSA) is 63.8 Å². The summed E-state index contributed by atoms with van der Waals surface area (Å²) < 4.78 is 0. The largest absolute Gasteiger partial charge is 0.321 e. The van der Waals surface area contributed by atoms with Gasteiger partial charge in [0.25, 0.3) is 0 Å². The number of nitrogens with one attached hydrogen (secondary N) is 1. The van der Waals surface area contributed by atoms with E-state index in [1.54, 1.807) is 0 Å². The Labute approximate surface area is 67.3 Å². The van der Waals surface area contributed by atoms with E-state index in [0.29, 0.717) is 5.69 Å². The lowest BCUT2D eigenvalue weighted by Gasteiger charge is -1.99. The average Bonchev–Trinajstić information content (AvgIpc) is 1.94. The van der Waals surface area contributed by atoms with Crippen LogP contribution in [0.15, 0.2) is 6.07 Å². The summed E-state index contributed by atoms with van der Waals surface area (Å²) in [5.41, 5.74) is 2.78. The number of nitrogen functional groups attached to an aromatic ring is 1. The molecule has 0 aromatic carbocycles. The van der Waals surface area contributed by atoms with Crippen LogP contribution in [0.25, 0.3) is 0 Å². The number of anilines is 1. The van der Waals surface area contributed by atoms with Crippen LogP contribution in [0.4, 0.5) is 5.69 Å². The second-order valence-corrected chi connectivity index (χ2v) is 2.26. The van der Waals surface area contributed by atoms with Crippen molar-refractivity contribution in [3.8, 4) is 0 Å². The van der Waals surface area contributed by atoms with Gasteiger partial charge in [-0.05, 0) is 0 Å². The molecule has 1 rings (SSSR count). The molecule has 0 aliphatic rings. The summed E-state index contributed by atoms with van der Waals surface area (Å²) >= 11 is 11.0. The number of nitrogens with two attached hydrogens (primary N) is 1. The van der Waals surface area contributed by atoms with Gasteiger partial charge in [-0.15, -0.1) is 10.2 Å². The fourth-order valence-electron chi connectivity index (χ4n) is 0.454. The first-order valence-electron chi connectivity index (χ1n) is 2.39. The predicted octanol–water partition coefficient (Wildman–Crippen LogP) is 1.07. The number of aromatic nitrogens is 2. The van der Waals surface area contributed by atoms with Crippen molar-refractivity contribution in [2.24, 2.45) is 5.84 Å². The summed E-state index contributed by atoms with van der Waals surface area (Å²) in [5, 5.41) is 7.41. The first kappa shape index (κ1) is 7.53. The molecule has 6 heteroatoms. The van der Waals surface area contributed by atoms with E-state index in [9.17, 15) is 0 Å². The Hall–Kier alpha value is -0.580. The maximum absolute atomic E-state index is 5.52. The van der Waals surface area contributed by atoms with Crippen LogP contribution in [0, 0.1) is 0 Å². The van der Waals surface area contributed by atoms with Crippen LogP contribution in [0.3, 0.4) is 0 Å². The van der Waals surface area contributed by atoms with Gasteiger partial charge in [-0.25, -0.2) is 0 Å². The number of rotatable bonds is 1. The van der Waals surface area contributed by atoms with Gasteiger partial charge in [0.15, 0.2) is 10.3 Å². The van der Waals surface area contributed by atoms with E-state index in [-0.39, 0.29) is 10.3 Å². The molecule has 0 aliphatic carbocycles. The minimum atomic E-state index is 0.201. The standard InChI is InChI=1S/C4H4Cl2N4/c5-3-1-2(8-7)4(6)10-9-3/h1H,7H2,(H,8,9). The van der Waals surface area contributed by atoms with E-state index >= 15 is 0 Å². The Kier molecular flexibility index (Phi) is 2.26. The highest BCUT2D eigenvalue weighted by atomic mass is 35.5. The maximum Gasteiger partial charge on any atom is 0.176 e. The molecule has 1 aromatic rings. The third-order valence-corrected chi connectivity index (χ3v) is 1.34. The van der Waals surface area contributed by atoms with Crippen molar-refractivity contribution in [1.29, 1.82) is 0 Å². The van der Waals surface area contributed by atoms with Crippen LogP contribution in [-0.2, 0) is 0 Å². The molecule has 0 unspecified atom stereocenters. The number of nitrogens with zero attached hydrogens (tertiary/aromatic N) is 2. The van der Waals surface area contributed by atoms with Crippen molar-refractivity contribution in [2.75, 3.05) is 5.43 Å². The molecule has 1 aromatic heterocycles. The van der Waals surface area contributed by atoms with Gasteiger partial charge >= 0.3 is 0 Å². The third kappa shape index (κ3) is 1.47. The molecule has 0 atom stereocenters. The fourth-order valence-corrected chi connectivity index (χ4v) is 0.748. The van der Waals surface area contributed by atoms with E-state index in [2.05, 4.69) is 15.6 Å². The number of hydrazine groups is 1. The highest BCUT2D eigenvalue weighted by molar-refractivity contribution is 6.33. The molecule has 1 heterocycles. The minimum Gasteiger partial charge on any atom is -0.321 e. The van der Waals surface area contributed by atoms with Gasteiger partial charge in [0.2, 0.25) is 0 Å². The van der Waals surface area contributed by atoms with Crippen LogP contribution in [0.5, 0.6) is 0 Å². The average molecular weight is 179 g/mol. The second kappa shape index (κ2) is 3.01. The van der Waals surface area contributed by atoms with E-state index in [0.717, 1.165) is 0 Å². The fraction of sp³-hybridized carbons (Fsp3) is 0. The lowest BCUT2D eigenvalue weighted by molar-refractivity contribution is 1.03. The Morgan fingerprint density at radius 3 is 2.60 bits per heavy atom. The predicted molar refractivity (Wildman–Crippen MR) is 39.9 cm³/mol. The van der Waals surface area contributed by atoms with Gasteiger partial charge in [-0.3, -0.25) is 5.84 Å². The van der Waals surface area contributed by atoms with Crippen molar-refractivity contribution >= 4 is 28.9 Å². The van der Waals surface area contributed by atoms with E-state index in [1.165, 1.54) is 6.07 Å². The molecule has 0 aliphatic heterocycles. The molecule has 10 heavy (non-hydrogen) atoms. The lowest BCUT2D eigenvalue weighted by Crippen LogP contribution is -2.08. The van der Waals surface area contributed by atoms with Gasteiger partial charge in [0, 0.05) is 6.07 Å². The van der Waals surface area contributed by atoms with Gasteiger partial charge in [0.05, 0.1) is 5.69 Å². The normalized spacial score (nSPS) is 9.50. The monoisotopic (exact) mass is 178 g/mol. The first-order chi connectivity index (χ1) is 4.74. The lowest BCUT2D eigenvalue weighted by atomic mass is 10.5. The zero-order valence-corrected chi connectivity index (χ0v) is 6.32. The third-order valence-electron chi connectivity index (χ3n) is 0.875. The molecule has 3 N–H and O–H groups in total. The zero-order valence-electron chi connectivity index (χ0n) is 4.81.